The number of thiocarbonyl (C=S) groups is 1. The molecule has 0 rings (SSSR count). The van der Waals surface area contributed by atoms with Crippen LogP contribution in [0.2, 0.25) is 0 Å². The minimum atomic E-state index is -0.0463. The number of hydrogen-bond donors (Lipinski definition) is 1. The second-order valence-corrected chi connectivity index (χ2v) is 3.92. The van der Waals surface area contributed by atoms with Crippen LogP contribution in [0.4, 0.5) is 0 Å². The fourth-order valence-electron chi connectivity index (χ4n) is 0.751. The molecule has 0 saturated heterocycles. The molecule has 0 atom stereocenters. The van der Waals surface area contributed by atoms with Crippen LogP contribution in [-0.2, 0) is 9.53 Å². The van der Waals surface area contributed by atoms with Gasteiger partial charge in [0.25, 0.3) is 0 Å². The molecule has 4 nitrogen and oxygen atoms in total. The van der Waals surface area contributed by atoms with Crippen LogP contribution in [0.25, 0.3) is 0 Å². The van der Waals surface area contributed by atoms with Gasteiger partial charge in [-0.3, -0.25) is 4.79 Å². The molecule has 0 bridgehead atoms. The Labute approximate surface area is 90.4 Å². The summed E-state index contributed by atoms with van der Waals surface area (Å²) in [6.07, 6.45) is 0.627. The van der Waals surface area contributed by atoms with Crippen LogP contribution in [0.1, 0.15) is 20.3 Å². The highest BCUT2D eigenvalue weighted by molar-refractivity contribution is 7.80. The molecule has 2 N–H and O–H groups in total. The molecule has 0 aliphatic heterocycles. The van der Waals surface area contributed by atoms with Crippen LogP contribution in [0.3, 0.4) is 0 Å². The quantitative estimate of drug-likeness (QED) is 0.661. The molecule has 1 amide bonds. The van der Waals surface area contributed by atoms with Gasteiger partial charge < -0.3 is 15.4 Å². The van der Waals surface area contributed by atoms with Gasteiger partial charge in [0.2, 0.25) is 5.91 Å². The van der Waals surface area contributed by atoms with E-state index in [2.05, 4.69) is 0 Å². The lowest BCUT2D eigenvalue weighted by molar-refractivity contribution is -0.136. The number of carbonyl (C=O) groups is 1. The number of rotatable bonds is 6. The Bertz CT molecular complexity index is 207. The standard InChI is InChI=1S/C9H18N2O2S/c1-7(2)13-6-9(12)11(3)5-4-8(10)14/h7H,4-6H2,1-3H3,(H2,10,14). The molecular formula is C9H18N2O2S. The van der Waals surface area contributed by atoms with E-state index in [1.807, 2.05) is 13.8 Å². The largest absolute Gasteiger partial charge is 0.393 e. The van der Waals surface area contributed by atoms with Crippen molar-refractivity contribution < 1.29 is 9.53 Å². The van der Waals surface area contributed by atoms with Crippen molar-refractivity contribution in [3.63, 3.8) is 0 Å². The fraction of sp³-hybridized carbons (Fsp3) is 0.778. The first-order chi connectivity index (χ1) is 6.43. The molecule has 5 heteroatoms. The Morgan fingerprint density at radius 2 is 2.14 bits per heavy atom. The van der Waals surface area contributed by atoms with Gasteiger partial charge in [0.1, 0.15) is 6.61 Å². The zero-order valence-corrected chi connectivity index (χ0v) is 9.76. The molecule has 0 fully saturated rings. The van der Waals surface area contributed by atoms with Crippen LogP contribution >= 0.6 is 12.2 Å². The van der Waals surface area contributed by atoms with Gasteiger partial charge in [0, 0.05) is 20.0 Å². The lowest BCUT2D eigenvalue weighted by Crippen LogP contribution is -2.33. The van der Waals surface area contributed by atoms with Crippen LogP contribution in [0.15, 0.2) is 0 Å². The molecule has 0 saturated carbocycles. The number of ether oxygens (including phenoxy) is 1. The number of amides is 1. The van der Waals surface area contributed by atoms with Gasteiger partial charge in [0.05, 0.1) is 11.1 Å². The van der Waals surface area contributed by atoms with E-state index < -0.39 is 0 Å². The highest BCUT2D eigenvalue weighted by atomic mass is 32.1. The Kier molecular flexibility index (Phi) is 6.40. The lowest BCUT2D eigenvalue weighted by Gasteiger charge is -2.17. The van der Waals surface area contributed by atoms with E-state index in [0.717, 1.165) is 0 Å². The van der Waals surface area contributed by atoms with Crippen molar-refractivity contribution >= 4 is 23.1 Å². The topological polar surface area (TPSA) is 55.6 Å². The molecule has 0 spiro atoms. The van der Waals surface area contributed by atoms with E-state index in [1.165, 1.54) is 0 Å². The molecule has 0 aromatic rings. The maximum Gasteiger partial charge on any atom is 0.248 e. The maximum atomic E-state index is 11.4. The summed E-state index contributed by atoms with van der Waals surface area (Å²) in [7, 11) is 1.71. The summed E-state index contributed by atoms with van der Waals surface area (Å²) in [6.45, 7) is 4.45. The van der Waals surface area contributed by atoms with Crippen molar-refractivity contribution in [2.45, 2.75) is 26.4 Å². The molecule has 0 aliphatic carbocycles. The Morgan fingerprint density at radius 3 is 2.57 bits per heavy atom. The molecule has 0 unspecified atom stereocenters. The summed E-state index contributed by atoms with van der Waals surface area (Å²) in [5, 5.41) is 0. The first kappa shape index (κ1) is 13.3. The highest BCUT2D eigenvalue weighted by Crippen LogP contribution is 1.93. The summed E-state index contributed by atoms with van der Waals surface area (Å²) in [6, 6.07) is 0. The van der Waals surface area contributed by atoms with Crippen molar-refractivity contribution in [1.82, 2.24) is 4.90 Å². The van der Waals surface area contributed by atoms with Gasteiger partial charge in [-0.2, -0.15) is 0 Å². The number of likely N-dealkylation sites (N-methyl/N-ethyl adjacent to an activating group) is 1. The highest BCUT2D eigenvalue weighted by Gasteiger charge is 2.09. The van der Waals surface area contributed by atoms with Crippen LogP contribution in [0.5, 0.6) is 0 Å². The molecule has 0 heterocycles. The lowest BCUT2D eigenvalue weighted by atomic mass is 10.4. The van der Waals surface area contributed by atoms with Crippen molar-refractivity contribution in [2.75, 3.05) is 20.2 Å². The fourth-order valence-corrected chi connectivity index (χ4v) is 0.842. The van der Waals surface area contributed by atoms with Crippen molar-refractivity contribution in [3.8, 4) is 0 Å². The van der Waals surface area contributed by atoms with Crippen LogP contribution in [0, 0.1) is 0 Å². The number of hydrogen-bond acceptors (Lipinski definition) is 3. The maximum absolute atomic E-state index is 11.4. The number of carbonyl (C=O) groups excluding carboxylic acids is 1. The Balaban J connectivity index is 3.70. The Morgan fingerprint density at radius 1 is 1.57 bits per heavy atom. The number of nitrogens with zero attached hydrogens (tertiary/aromatic N) is 1. The third-order valence-corrected chi connectivity index (χ3v) is 1.86. The molecule has 0 aromatic carbocycles. The second-order valence-electron chi connectivity index (χ2n) is 3.39. The molecule has 0 aliphatic rings. The third-order valence-electron chi connectivity index (χ3n) is 1.66. The van der Waals surface area contributed by atoms with Crippen molar-refractivity contribution in [3.05, 3.63) is 0 Å². The summed E-state index contributed by atoms with van der Waals surface area (Å²) in [4.78, 5) is 13.4. The molecule has 14 heavy (non-hydrogen) atoms. The zero-order valence-electron chi connectivity index (χ0n) is 8.95. The van der Waals surface area contributed by atoms with Gasteiger partial charge in [-0.15, -0.1) is 0 Å². The van der Waals surface area contributed by atoms with Gasteiger partial charge >= 0.3 is 0 Å². The average molecular weight is 218 g/mol. The first-order valence-corrected chi connectivity index (χ1v) is 4.98. The zero-order chi connectivity index (χ0) is 11.1. The minimum absolute atomic E-state index is 0.0463. The first-order valence-electron chi connectivity index (χ1n) is 4.57. The average Bonchev–Trinajstić information content (AvgIpc) is 2.09. The summed E-state index contributed by atoms with van der Waals surface area (Å²) in [5.41, 5.74) is 5.33. The second kappa shape index (κ2) is 6.73. The predicted molar refractivity (Wildman–Crippen MR) is 60.1 cm³/mol. The monoisotopic (exact) mass is 218 g/mol. The summed E-state index contributed by atoms with van der Waals surface area (Å²) in [5.74, 6) is -0.0463. The Hall–Kier alpha value is -0.680. The van der Waals surface area contributed by atoms with E-state index in [-0.39, 0.29) is 18.6 Å². The van der Waals surface area contributed by atoms with Gasteiger partial charge in [0.15, 0.2) is 0 Å². The van der Waals surface area contributed by atoms with E-state index >= 15 is 0 Å². The normalized spacial score (nSPS) is 10.3. The van der Waals surface area contributed by atoms with Crippen LogP contribution in [-0.4, -0.2) is 42.1 Å². The third kappa shape index (κ3) is 6.80. The molecule has 82 valence electrons. The predicted octanol–water partition coefficient (Wildman–Crippen LogP) is 0.546. The van der Waals surface area contributed by atoms with E-state index in [0.29, 0.717) is 18.0 Å². The van der Waals surface area contributed by atoms with Crippen LogP contribution < -0.4 is 5.73 Å². The molecule has 0 radical (unpaired) electrons. The number of nitrogens with two attached hydrogens (primary N) is 1. The summed E-state index contributed by atoms with van der Waals surface area (Å²) >= 11 is 4.72. The van der Waals surface area contributed by atoms with E-state index in [4.69, 9.17) is 22.7 Å². The SMILES string of the molecule is CC(C)OCC(=O)N(C)CCC(N)=S. The molecular weight excluding hydrogens is 200 g/mol. The van der Waals surface area contributed by atoms with E-state index in [1.54, 1.807) is 11.9 Å². The summed E-state index contributed by atoms with van der Waals surface area (Å²) < 4.78 is 5.18. The van der Waals surface area contributed by atoms with Crippen molar-refractivity contribution in [1.29, 1.82) is 0 Å². The van der Waals surface area contributed by atoms with Gasteiger partial charge in [-0.05, 0) is 13.8 Å². The smallest absolute Gasteiger partial charge is 0.248 e. The van der Waals surface area contributed by atoms with Gasteiger partial charge in [-0.25, -0.2) is 0 Å². The van der Waals surface area contributed by atoms with Crippen molar-refractivity contribution in [2.24, 2.45) is 5.73 Å². The minimum Gasteiger partial charge on any atom is -0.393 e. The van der Waals surface area contributed by atoms with Gasteiger partial charge in [-0.1, -0.05) is 12.2 Å². The van der Waals surface area contributed by atoms with E-state index in [9.17, 15) is 4.79 Å². The molecule has 0 aromatic heterocycles.